The summed E-state index contributed by atoms with van der Waals surface area (Å²) in [4.78, 5) is 28.6. The van der Waals surface area contributed by atoms with Crippen molar-refractivity contribution in [2.24, 2.45) is 5.73 Å². The normalized spacial score (nSPS) is 14.0. The van der Waals surface area contributed by atoms with Crippen molar-refractivity contribution in [2.75, 3.05) is 5.32 Å². The predicted molar refractivity (Wildman–Crippen MR) is 106 cm³/mol. The molecule has 3 aromatic rings. The first kappa shape index (κ1) is 21.2. The van der Waals surface area contributed by atoms with Crippen LogP contribution < -0.4 is 11.1 Å². The number of anilines is 1. The zero-order valence-corrected chi connectivity index (χ0v) is 17.0. The molecule has 0 spiro atoms. The minimum absolute atomic E-state index is 0.0403. The molecule has 3 N–H and O–H groups in total. The highest BCUT2D eigenvalue weighted by atomic mass is 32.1. The molecule has 12 heteroatoms. The van der Waals surface area contributed by atoms with Gasteiger partial charge in [0.1, 0.15) is 27.6 Å². The summed E-state index contributed by atoms with van der Waals surface area (Å²) < 4.78 is 53.5. The number of carbonyl (C=O) groups is 2. The van der Waals surface area contributed by atoms with Crippen LogP contribution in [0.3, 0.4) is 0 Å². The molecular weight excluding hydrogens is 438 g/mol. The SMILES string of the molecule is Cc1cc(C(F)F)nc2sc(C(N)=O)c(NC(=O)Cn3nc(C(F)F)cc3C3CC3)c12. The number of alkyl halides is 4. The molecule has 4 rings (SSSR count). The zero-order chi connectivity index (χ0) is 22.4. The number of hydrogen-bond acceptors (Lipinski definition) is 5. The van der Waals surface area contributed by atoms with Gasteiger partial charge in [-0.25, -0.2) is 22.5 Å². The average molecular weight is 455 g/mol. The van der Waals surface area contributed by atoms with E-state index in [9.17, 15) is 27.2 Å². The molecule has 2 amide bonds. The van der Waals surface area contributed by atoms with E-state index in [2.05, 4.69) is 15.4 Å². The number of carbonyl (C=O) groups excluding carboxylic acids is 2. The smallest absolute Gasteiger partial charge is 0.282 e. The fourth-order valence-corrected chi connectivity index (χ4v) is 4.49. The third-order valence-corrected chi connectivity index (χ3v) is 6.03. The number of hydrogen-bond donors (Lipinski definition) is 2. The molecule has 164 valence electrons. The first-order valence-corrected chi connectivity index (χ1v) is 10.1. The van der Waals surface area contributed by atoms with Crippen LogP contribution >= 0.6 is 11.3 Å². The summed E-state index contributed by atoms with van der Waals surface area (Å²) in [6.07, 6.45) is -3.91. The molecular formula is C19H17F4N5O2S. The minimum Gasteiger partial charge on any atom is -0.365 e. The number of aromatic nitrogens is 3. The molecule has 3 heterocycles. The predicted octanol–water partition coefficient (Wildman–Crippen LogP) is 4.29. The molecule has 0 radical (unpaired) electrons. The van der Waals surface area contributed by atoms with Gasteiger partial charge in [0, 0.05) is 17.0 Å². The van der Waals surface area contributed by atoms with Crippen molar-refractivity contribution in [3.8, 4) is 0 Å². The van der Waals surface area contributed by atoms with E-state index in [1.54, 1.807) is 6.92 Å². The molecule has 1 aliphatic carbocycles. The van der Waals surface area contributed by atoms with Crippen LogP contribution in [-0.2, 0) is 11.3 Å². The van der Waals surface area contributed by atoms with Gasteiger partial charge in [0.25, 0.3) is 18.8 Å². The zero-order valence-electron chi connectivity index (χ0n) is 16.2. The lowest BCUT2D eigenvalue weighted by Crippen LogP contribution is -2.22. The third-order valence-electron chi connectivity index (χ3n) is 4.93. The summed E-state index contributed by atoms with van der Waals surface area (Å²) in [5, 5.41) is 6.73. The van der Waals surface area contributed by atoms with E-state index in [4.69, 9.17) is 5.73 Å². The van der Waals surface area contributed by atoms with Crippen molar-refractivity contribution < 1.29 is 27.2 Å². The number of thiophene rings is 1. The van der Waals surface area contributed by atoms with Crippen molar-refractivity contribution in [1.82, 2.24) is 14.8 Å². The second-order valence-corrected chi connectivity index (χ2v) is 8.29. The van der Waals surface area contributed by atoms with Crippen LogP contribution in [0.4, 0.5) is 23.2 Å². The van der Waals surface area contributed by atoms with Gasteiger partial charge in [-0.3, -0.25) is 14.3 Å². The second-order valence-electron chi connectivity index (χ2n) is 7.29. The quantitative estimate of drug-likeness (QED) is 0.519. The first-order valence-electron chi connectivity index (χ1n) is 9.33. The lowest BCUT2D eigenvalue weighted by Gasteiger charge is -2.10. The molecule has 1 fully saturated rings. The summed E-state index contributed by atoms with van der Waals surface area (Å²) in [6.45, 7) is 1.20. The highest BCUT2D eigenvalue weighted by Gasteiger charge is 2.30. The number of rotatable bonds is 7. The molecule has 1 aliphatic rings. The molecule has 0 aliphatic heterocycles. The molecule has 0 atom stereocenters. The lowest BCUT2D eigenvalue weighted by atomic mass is 10.1. The molecule has 0 unspecified atom stereocenters. The van der Waals surface area contributed by atoms with Crippen LogP contribution in [0, 0.1) is 6.92 Å². The average Bonchev–Trinajstić information content (AvgIpc) is 3.33. The molecule has 0 bridgehead atoms. The molecule has 1 saturated carbocycles. The number of primary amides is 1. The Morgan fingerprint density at radius 3 is 2.48 bits per heavy atom. The number of nitrogens with zero attached hydrogens (tertiary/aromatic N) is 3. The van der Waals surface area contributed by atoms with Gasteiger partial charge in [-0.15, -0.1) is 11.3 Å². The first-order chi connectivity index (χ1) is 14.7. The number of amides is 2. The fourth-order valence-electron chi connectivity index (χ4n) is 3.42. The van der Waals surface area contributed by atoms with Crippen LogP contribution in [-0.4, -0.2) is 26.6 Å². The van der Waals surface area contributed by atoms with E-state index in [-0.39, 0.29) is 27.9 Å². The summed E-state index contributed by atoms with van der Waals surface area (Å²) >= 11 is 0.797. The Kier molecular flexibility index (Phi) is 5.42. The topological polar surface area (TPSA) is 103 Å². The highest BCUT2D eigenvalue weighted by molar-refractivity contribution is 7.21. The van der Waals surface area contributed by atoms with E-state index >= 15 is 0 Å². The van der Waals surface area contributed by atoms with Crippen LogP contribution in [0.2, 0.25) is 0 Å². The number of nitrogens with one attached hydrogen (secondary N) is 1. The van der Waals surface area contributed by atoms with Crippen LogP contribution in [0.15, 0.2) is 12.1 Å². The fraction of sp³-hybridized carbons (Fsp3) is 0.368. The van der Waals surface area contributed by atoms with Crippen molar-refractivity contribution in [3.05, 3.63) is 39.7 Å². The highest BCUT2D eigenvalue weighted by Crippen LogP contribution is 2.41. The molecule has 0 aromatic carbocycles. The van der Waals surface area contributed by atoms with E-state index in [0.717, 1.165) is 24.2 Å². The van der Waals surface area contributed by atoms with Gasteiger partial charge in [0.15, 0.2) is 0 Å². The van der Waals surface area contributed by atoms with Gasteiger partial charge in [-0.1, -0.05) is 0 Å². The van der Waals surface area contributed by atoms with Gasteiger partial charge in [0.05, 0.1) is 5.69 Å². The van der Waals surface area contributed by atoms with Gasteiger partial charge in [0.2, 0.25) is 5.91 Å². The van der Waals surface area contributed by atoms with Crippen LogP contribution in [0.25, 0.3) is 10.2 Å². The summed E-state index contributed by atoms with van der Waals surface area (Å²) in [7, 11) is 0. The Morgan fingerprint density at radius 1 is 1.23 bits per heavy atom. The number of nitrogens with two attached hydrogens (primary N) is 1. The van der Waals surface area contributed by atoms with Gasteiger partial charge < -0.3 is 11.1 Å². The number of aryl methyl sites for hydroxylation is 1. The Bertz CT molecular complexity index is 1190. The molecule has 0 saturated heterocycles. The van der Waals surface area contributed by atoms with Gasteiger partial charge in [-0.2, -0.15) is 5.10 Å². The Labute approximate surface area is 177 Å². The van der Waals surface area contributed by atoms with E-state index in [1.165, 1.54) is 16.8 Å². The standard InChI is InChI=1S/C19H17F4N5O2S/c1-7-4-9(16(20)21)25-19-13(7)14(15(31-19)18(24)30)26-12(29)6-28-11(8-2-3-8)5-10(27-28)17(22)23/h4-5,8,16-17H,2-3,6H2,1H3,(H2,24,30)(H,26,29). The van der Waals surface area contributed by atoms with E-state index in [0.29, 0.717) is 16.6 Å². The van der Waals surface area contributed by atoms with Crippen molar-refractivity contribution in [2.45, 2.75) is 45.1 Å². The molecule has 3 aromatic heterocycles. The number of fused-ring (bicyclic) bond motifs is 1. The Hall–Kier alpha value is -3.02. The minimum atomic E-state index is -2.80. The van der Waals surface area contributed by atoms with E-state index < -0.39 is 36.1 Å². The monoisotopic (exact) mass is 455 g/mol. The largest absolute Gasteiger partial charge is 0.365 e. The Balaban J connectivity index is 1.67. The summed E-state index contributed by atoms with van der Waals surface area (Å²) in [5.74, 6) is -1.39. The van der Waals surface area contributed by atoms with E-state index in [1.807, 2.05) is 0 Å². The number of pyridine rings is 1. The molecule has 7 nitrogen and oxygen atoms in total. The maximum Gasteiger partial charge on any atom is 0.282 e. The second kappa shape index (κ2) is 7.91. The summed E-state index contributed by atoms with van der Waals surface area (Å²) in [5.41, 5.74) is 5.55. The van der Waals surface area contributed by atoms with Crippen molar-refractivity contribution in [3.63, 3.8) is 0 Å². The van der Waals surface area contributed by atoms with Crippen molar-refractivity contribution >= 4 is 39.1 Å². The Morgan fingerprint density at radius 2 is 1.90 bits per heavy atom. The molecule has 31 heavy (non-hydrogen) atoms. The third kappa shape index (κ3) is 4.11. The maximum absolute atomic E-state index is 13.1. The van der Waals surface area contributed by atoms with Crippen LogP contribution in [0.1, 0.15) is 63.9 Å². The number of halogens is 4. The van der Waals surface area contributed by atoms with Gasteiger partial charge in [-0.05, 0) is 37.5 Å². The maximum atomic E-state index is 13.1. The summed E-state index contributed by atoms with van der Waals surface area (Å²) in [6, 6.07) is 2.47. The van der Waals surface area contributed by atoms with Crippen molar-refractivity contribution in [1.29, 1.82) is 0 Å². The lowest BCUT2D eigenvalue weighted by molar-refractivity contribution is -0.117. The van der Waals surface area contributed by atoms with Gasteiger partial charge >= 0.3 is 0 Å². The van der Waals surface area contributed by atoms with Crippen LogP contribution in [0.5, 0.6) is 0 Å².